The molecule has 1 aromatic rings. The number of hydrogen-bond donors (Lipinski definition) is 1. The average Bonchev–Trinajstić information content (AvgIpc) is 3.39. The highest BCUT2D eigenvalue weighted by Gasteiger charge is 2.89. The lowest BCUT2D eigenvalue weighted by molar-refractivity contribution is -0.126. The van der Waals surface area contributed by atoms with Crippen molar-refractivity contribution in [2.45, 2.75) is 58.3 Å². The highest BCUT2D eigenvalue weighted by atomic mass is 32.2. The van der Waals surface area contributed by atoms with Crippen LogP contribution in [0.25, 0.3) is 0 Å². The van der Waals surface area contributed by atoms with Crippen LogP contribution in [-0.4, -0.2) is 30.4 Å². The van der Waals surface area contributed by atoms with Crippen LogP contribution in [0.4, 0.5) is 0 Å². The summed E-state index contributed by atoms with van der Waals surface area (Å²) in [5, 5.41) is 6.91. The number of carbonyl (C=O) groups is 1. The molecule has 4 heteroatoms. The molecule has 6 rings (SSSR count). The van der Waals surface area contributed by atoms with Crippen LogP contribution in [0.3, 0.4) is 0 Å². The second kappa shape index (κ2) is 11.0. The summed E-state index contributed by atoms with van der Waals surface area (Å²) in [6.45, 7) is 17.6. The fourth-order valence-corrected chi connectivity index (χ4v) is 9.62. The van der Waals surface area contributed by atoms with Crippen molar-refractivity contribution < 1.29 is 4.79 Å². The Kier molecular flexibility index (Phi) is 7.57. The SMILES string of the molecule is C=CC(=C\C=C(/C)C(=O)N1CCCC1)/C(C)=C/SC(=C)NCC12CC3c4ccccc4C4C(C)/C=C\C=C/CC1C342. The summed E-state index contributed by atoms with van der Waals surface area (Å²) in [6, 6.07) is 9.28. The number of amides is 1. The largest absolute Gasteiger partial charge is 0.379 e. The maximum absolute atomic E-state index is 12.6. The molecule has 3 nitrogen and oxygen atoms in total. The number of benzene rings is 1. The van der Waals surface area contributed by atoms with Crippen LogP contribution in [0, 0.1) is 22.7 Å². The molecule has 214 valence electrons. The van der Waals surface area contributed by atoms with E-state index in [1.165, 1.54) is 12.8 Å². The van der Waals surface area contributed by atoms with Crippen molar-refractivity contribution in [3.63, 3.8) is 0 Å². The Morgan fingerprint density at radius 1 is 1.12 bits per heavy atom. The van der Waals surface area contributed by atoms with Crippen LogP contribution >= 0.6 is 11.8 Å². The summed E-state index contributed by atoms with van der Waals surface area (Å²) in [4.78, 5) is 14.6. The zero-order valence-electron chi connectivity index (χ0n) is 24.9. The molecule has 2 saturated carbocycles. The second-order valence-corrected chi connectivity index (χ2v) is 13.7. The van der Waals surface area contributed by atoms with Gasteiger partial charge in [-0.25, -0.2) is 0 Å². The van der Waals surface area contributed by atoms with Crippen LogP contribution in [-0.2, 0) is 4.79 Å². The Morgan fingerprint density at radius 3 is 2.63 bits per heavy atom. The van der Waals surface area contributed by atoms with E-state index in [9.17, 15) is 4.79 Å². The molecule has 1 N–H and O–H groups in total. The van der Waals surface area contributed by atoms with Gasteiger partial charge in [-0.15, -0.1) is 0 Å². The molecule has 1 heterocycles. The molecule has 0 bridgehead atoms. The molecule has 1 aromatic carbocycles. The van der Waals surface area contributed by atoms with Crippen molar-refractivity contribution in [3.8, 4) is 0 Å². The van der Waals surface area contributed by atoms with E-state index in [-0.39, 0.29) is 5.91 Å². The quantitative estimate of drug-likeness (QED) is 0.241. The van der Waals surface area contributed by atoms with Gasteiger partial charge < -0.3 is 10.2 Å². The first-order valence-corrected chi connectivity index (χ1v) is 16.2. The fraction of sp³-hybridized carbons (Fsp3) is 0.432. The first-order valence-electron chi connectivity index (χ1n) is 15.3. The number of fused-ring (bicyclic) bond motifs is 4. The van der Waals surface area contributed by atoms with E-state index in [2.05, 4.69) is 86.3 Å². The third-order valence-corrected chi connectivity index (χ3v) is 11.7. The number of carbonyl (C=O) groups excluding carboxylic acids is 1. The predicted molar refractivity (Wildman–Crippen MR) is 173 cm³/mol. The van der Waals surface area contributed by atoms with Gasteiger partial charge in [-0.05, 0) is 102 Å². The van der Waals surface area contributed by atoms with Crippen molar-refractivity contribution in [2.75, 3.05) is 19.6 Å². The lowest BCUT2D eigenvalue weighted by Gasteiger charge is -2.44. The zero-order chi connectivity index (χ0) is 28.8. The Labute approximate surface area is 250 Å². The van der Waals surface area contributed by atoms with Gasteiger partial charge in [0.15, 0.2) is 0 Å². The standard InChI is InChI=1S/C37H44N2OS/c1-6-29(19-18-26(3)35(40)39-20-12-13-21-39)27(4)23-41-28(5)38-24-36-22-32-30-15-10-11-16-31(30)34-25(2)14-8-7-9-17-33(36)37(32,34)36/h6-11,14-16,18-19,23,25,32-34,38H,1,5,12-13,17,20-22,24H2,2-4H3/b9-7-,14-8-,26-18+,27-23+,29-19+. The van der Waals surface area contributed by atoms with Crippen molar-refractivity contribution >= 4 is 17.7 Å². The Morgan fingerprint density at radius 2 is 1.88 bits per heavy atom. The van der Waals surface area contributed by atoms with Gasteiger partial charge in [0, 0.05) is 25.2 Å². The molecule has 1 saturated heterocycles. The molecule has 0 aromatic heterocycles. The fourth-order valence-electron chi connectivity index (χ4n) is 9.01. The van der Waals surface area contributed by atoms with Crippen molar-refractivity contribution in [3.05, 3.63) is 118 Å². The maximum atomic E-state index is 12.6. The summed E-state index contributed by atoms with van der Waals surface area (Å²) >= 11 is 1.65. The van der Waals surface area contributed by atoms with Gasteiger partial charge in [-0.2, -0.15) is 0 Å². The van der Waals surface area contributed by atoms with Crippen molar-refractivity contribution in [1.82, 2.24) is 10.2 Å². The Bertz CT molecular complexity index is 1410. The van der Waals surface area contributed by atoms with Crippen molar-refractivity contribution in [2.24, 2.45) is 22.7 Å². The van der Waals surface area contributed by atoms with E-state index < -0.39 is 0 Å². The molecular weight excluding hydrogens is 520 g/mol. The van der Waals surface area contributed by atoms with Crippen LogP contribution in [0.1, 0.15) is 69.4 Å². The molecule has 41 heavy (non-hydrogen) atoms. The number of nitrogens with one attached hydrogen (secondary N) is 1. The Hall–Kier alpha value is -2.98. The minimum atomic E-state index is 0.143. The van der Waals surface area contributed by atoms with E-state index in [0.717, 1.165) is 54.2 Å². The smallest absolute Gasteiger partial charge is 0.249 e. The van der Waals surface area contributed by atoms with Gasteiger partial charge in [0.1, 0.15) is 0 Å². The van der Waals surface area contributed by atoms with Crippen molar-refractivity contribution in [1.29, 1.82) is 0 Å². The van der Waals surface area contributed by atoms with Crippen LogP contribution in [0.5, 0.6) is 0 Å². The van der Waals surface area contributed by atoms with Crippen LogP contribution < -0.4 is 5.32 Å². The summed E-state index contributed by atoms with van der Waals surface area (Å²) in [5.74, 6) is 2.67. The molecule has 1 aliphatic heterocycles. The van der Waals surface area contributed by atoms with E-state index in [4.69, 9.17) is 0 Å². The summed E-state index contributed by atoms with van der Waals surface area (Å²) < 4.78 is 0. The van der Waals surface area contributed by atoms with E-state index in [1.807, 2.05) is 30.1 Å². The van der Waals surface area contributed by atoms with Gasteiger partial charge in [0.25, 0.3) is 0 Å². The third kappa shape index (κ3) is 4.45. The first kappa shape index (κ1) is 28.2. The highest BCUT2D eigenvalue weighted by Crippen LogP contribution is 2.94. The van der Waals surface area contributed by atoms with Gasteiger partial charge >= 0.3 is 0 Å². The molecule has 5 aliphatic rings. The number of likely N-dealkylation sites (tertiary alicyclic amines) is 1. The number of hydrogen-bond acceptors (Lipinski definition) is 3. The zero-order valence-corrected chi connectivity index (χ0v) is 25.7. The average molecular weight is 565 g/mol. The normalized spacial score (nSPS) is 35.1. The molecule has 0 radical (unpaired) electrons. The van der Waals surface area contributed by atoms with Gasteiger partial charge in [0.05, 0.1) is 5.03 Å². The van der Waals surface area contributed by atoms with Gasteiger partial charge in [-0.1, -0.05) is 98.6 Å². The van der Waals surface area contributed by atoms with Crippen LogP contribution in [0.2, 0.25) is 0 Å². The topological polar surface area (TPSA) is 32.3 Å². The number of nitrogens with zero attached hydrogens (tertiary/aromatic N) is 1. The van der Waals surface area contributed by atoms with E-state index >= 15 is 0 Å². The Balaban J connectivity index is 1.12. The summed E-state index contributed by atoms with van der Waals surface area (Å²) in [6.07, 6.45) is 19.8. The highest BCUT2D eigenvalue weighted by molar-refractivity contribution is 8.05. The minimum Gasteiger partial charge on any atom is -0.379 e. The second-order valence-electron chi connectivity index (χ2n) is 12.8. The van der Waals surface area contributed by atoms with E-state index in [1.54, 1.807) is 22.9 Å². The number of allylic oxidation sites excluding steroid dienone is 9. The number of thioether (sulfide) groups is 1. The molecular formula is C37H44N2OS. The first-order chi connectivity index (χ1) is 19.8. The third-order valence-electron chi connectivity index (χ3n) is 10.8. The minimum absolute atomic E-state index is 0.143. The summed E-state index contributed by atoms with van der Waals surface area (Å²) in [5.41, 5.74) is 6.83. The lowest BCUT2D eigenvalue weighted by Crippen LogP contribution is -2.41. The maximum Gasteiger partial charge on any atom is 0.249 e. The number of rotatable bonds is 9. The van der Waals surface area contributed by atoms with Gasteiger partial charge in [-0.3, -0.25) is 4.79 Å². The molecule has 6 unspecified atom stereocenters. The summed E-state index contributed by atoms with van der Waals surface area (Å²) in [7, 11) is 0. The predicted octanol–water partition coefficient (Wildman–Crippen LogP) is 8.40. The van der Waals surface area contributed by atoms with Crippen LogP contribution in [0.15, 0.2) is 107 Å². The molecule has 6 atom stereocenters. The molecule has 1 amide bonds. The van der Waals surface area contributed by atoms with Gasteiger partial charge in [0.2, 0.25) is 5.91 Å². The van der Waals surface area contributed by atoms with E-state index in [0.29, 0.717) is 34.5 Å². The molecule has 3 fully saturated rings. The monoisotopic (exact) mass is 564 g/mol. The lowest BCUT2D eigenvalue weighted by atomic mass is 9.60. The molecule has 1 spiro atoms. The molecule has 4 aliphatic carbocycles.